The summed E-state index contributed by atoms with van der Waals surface area (Å²) in [5, 5.41) is 0. The van der Waals surface area contributed by atoms with Crippen molar-refractivity contribution in [3.05, 3.63) is 65.5 Å². The minimum atomic E-state index is -3.62. The van der Waals surface area contributed by atoms with Crippen molar-refractivity contribution in [3.63, 3.8) is 0 Å². The maximum atomic E-state index is 13.3. The molecular formula is C22H26ClFN2O2S. The van der Waals surface area contributed by atoms with Gasteiger partial charge in [-0.1, -0.05) is 24.3 Å². The van der Waals surface area contributed by atoms with E-state index < -0.39 is 15.8 Å². The highest BCUT2D eigenvalue weighted by Gasteiger charge is 2.46. The van der Waals surface area contributed by atoms with Gasteiger partial charge in [0.25, 0.3) is 0 Å². The molecule has 0 radical (unpaired) electrons. The first-order chi connectivity index (χ1) is 13.5. The first-order valence-corrected chi connectivity index (χ1v) is 11.6. The van der Waals surface area contributed by atoms with Crippen molar-refractivity contribution in [2.24, 2.45) is 5.92 Å². The van der Waals surface area contributed by atoms with E-state index >= 15 is 0 Å². The van der Waals surface area contributed by atoms with Crippen LogP contribution in [0.3, 0.4) is 0 Å². The second-order valence-corrected chi connectivity index (χ2v) is 10.1. The van der Waals surface area contributed by atoms with E-state index in [0.717, 1.165) is 38.8 Å². The number of halogens is 2. The lowest BCUT2D eigenvalue weighted by Crippen LogP contribution is -2.57. The Morgan fingerprint density at radius 3 is 2.55 bits per heavy atom. The van der Waals surface area contributed by atoms with E-state index in [4.69, 9.17) is 0 Å². The van der Waals surface area contributed by atoms with Crippen LogP contribution < -0.4 is 0 Å². The number of fused-ring (bicyclic) bond motifs is 4. The maximum absolute atomic E-state index is 13.3. The Morgan fingerprint density at radius 2 is 1.76 bits per heavy atom. The van der Waals surface area contributed by atoms with Gasteiger partial charge in [0.05, 0.1) is 4.90 Å². The molecule has 156 valence electrons. The van der Waals surface area contributed by atoms with Crippen LogP contribution in [0.5, 0.6) is 0 Å². The van der Waals surface area contributed by atoms with Crippen LogP contribution in [0.1, 0.15) is 36.4 Å². The SMILES string of the molecule is Cl.O=S(=O)(c1ccc(F)cc1)N1CCC[C@@H]2CN3CCc4ccccc4[C@H]3C[C@@H]21. The van der Waals surface area contributed by atoms with Crippen LogP contribution in [-0.2, 0) is 16.4 Å². The van der Waals surface area contributed by atoms with E-state index in [1.807, 2.05) is 0 Å². The number of piperidine rings is 2. The van der Waals surface area contributed by atoms with Gasteiger partial charge in [-0.05, 0) is 67.0 Å². The molecule has 0 bridgehead atoms. The number of sulfonamides is 1. The zero-order valence-corrected chi connectivity index (χ0v) is 17.8. The summed E-state index contributed by atoms with van der Waals surface area (Å²) in [5.41, 5.74) is 2.75. The molecule has 2 fully saturated rings. The van der Waals surface area contributed by atoms with Gasteiger partial charge >= 0.3 is 0 Å². The van der Waals surface area contributed by atoms with Gasteiger partial charge in [-0.2, -0.15) is 4.31 Å². The summed E-state index contributed by atoms with van der Waals surface area (Å²) in [6.45, 7) is 2.56. The Hall–Kier alpha value is -1.47. The smallest absolute Gasteiger partial charge is 0.243 e. The monoisotopic (exact) mass is 436 g/mol. The Labute approximate surface area is 178 Å². The van der Waals surface area contributed by atoms with Gasteiger partial charge in [-0.15, -0.1) is 12.4 Å². The topological polar surface area (TPSA) is 40.6 Å². The summed E-state index contributed by atoms with van der Waals surface area (Å²) in [5.74, 6) is -0.0481. The summed E-state index contributed by atoms with van der Waals surface area (Å²) in [6, 6.07) is 14.1. The highest BCUT2D eigenvalue weighted by Crippen LogP contribution is 2.44. The third-order valence-corrected chi connectivity index (χ3v) is 8.68. The van der Waals surface area contributed by atoms with Crippen molar-refractivity contribution in [3.8, 4) is 0 Å². The summed E-state index contributed by atoms with van der Waals surface area (Å²) in [4.78, 5) is 2.75. The third-order valence-electron chi connectivity index (χ3n) is 6.74. The van der Waals surface area contributed by atoms with Crippen LogP contribution in [0.25, 0.3) is 0 Å². The zero-order valence-electron chi connectivity index (χ0n) is 16.2. The van der Waals surface area contributed by atoms with Crippen molar-refractivity contribution in [2.75, 3.05) is 19.6 Å². The van der Waals surface area contributed by atoms with Gasteiger partial charge in [-0.25, -0.2) is 12.8 Å². The van der Waals surface area contributed by atoms with Crippen molar-refractivity contribution < 1.29 is 12.8 Å². The summed E-state index contributed by atoms with van der Waals surface area (Å²) < 4.78 is 41.7. The van der Waals surface area contributed by atoms with Crippen molar-refractivity contribution in [2.45, 2.75) is 42.7 Å². The molecule has 0 spiro atoms. The zero-order chi connectivity index (χ0) is 19.3. The molecule has 3 heterocycles. The largest absolute Gasteiger partial charge is 0.296 e. The lowest BCUT2D eigenvalue weighted by atomic mass is 9.77. The number of benzene rings is 2. The standard InChI is InChI=1S/C22H25FN2O2S.ClH/c23-18-7-9-19(10-8-18)28(26,27)25-12-3-5-17-15-24-13-11-16-4-1-2-6-20(16)22(24)14-21(17)25;/h1-2,4,6-10,17,21-22H,3,5,11-15H2;1H/t17-,21+,22-;/m1./s1. The molecule has 2 saturated heterocycles. The van der Waals surface area contributed by atoms with Crippen LogP contribution in [0.15, 0.2) is 53.4 Å². The fraction of sp³-hybridized carbons (Fsp3) is 0.455. The molecule has 0 aromatic heterocycles. The van der Waals surface area contributed by atoms with Crippen molar-refractivity contribution >= 4 is 22.4 Å². The van der Waals surface area contributed by atoms with Crippen molar-refractivity contribution in [1.29, 1.82) is 0 Å². The first-order valence-electron chi connectivity index (χ1n) is 10.1. The molecule has 29 heavy (non-hydrogen) atoms. The van der Waals surface area contributed by atoms with Gasteiger partial charge < -0.3 is 0 Å². The first kappa shape index (κ1) is 20.8. The van der Waals surface area contributed by atoms with Crippen LogP contribution >= 0.6 is 12.4 Å². The van der Waals surface area contributed by atoms with E-state index in [-0.39, 0.29) is 29.4 Å². The van der Waals surface area contributed by atoms with Gasteiger partial charge in [0.2, 0.25) is 10.0 Å². The van der Waals surface area contributed by atoms with Gasteiger partial charge in [0.15, 0.2) is 0 Å². The fourth-order valence-electron chi connectivity index (χ4n) is 5.39. The van der Waals surface area contributed by atoms with Crippen LogP contribution in [-0.4, -0.2) is 43.3 Å². The average Bonchev–Trinajstić information content (AvgIpc) is 2.72. The average molecular weight is 437 g/mol. The molecule has 2 aromatic carbocycles. The second kappa shape index (κ2) is 7.99. The van der Waals surface area contributed by atoms with Crippen LogP contribution in [0.2, 0.25) is 0 Å². The molecule has 2 aromatic rings. The molecule has 4 nitrogen and oxygen atoms in total. The Kier molecular flexibility index (Phi) is 5.73. The number of rotatable bonds is 2. The van der Waals surface area contributed by atoms with E-state index in [9.17, 15) is 12.8 Å². The minimum absolute atomic E-state index is 0. The Morgan fingerprint density at radius 1 is 1.00 bits per heavy atom. The van der Waals surface area contributed by atoms with E-state index in [2.05, 4.69) is 29.2 Å². The highest BCUT2D eigenvalue weighted by molar-refractivity contribution is 7.89. The predicted molar refractivity (Wildman–Crippen MR) is 113 cm³/mol. The molecule has 0 unspecified atom stereocenters. The van der Waals surface area contributed by atoms with Gasteiger partial charge in [0, 0.05) is 31.7 Å². The number of hydrogen-bond donors (Lipinski definition) is 0. The quantitative estimate of drug-likeness (QED) is 0.713. The lowest BCUT2D eigenvalue weighted by molar-refractivity contribution is 0.0220. The summed E-state index contributed by atoms with van der Waals surface area (Å²) in [6.07, 6.45) is 3.87. The molecular weight excluding hydrogens is 411 g/mol. The molecule has 5 rings (SSSR count). The molecule has 0 aliphatic carbocycles. The molecule has 0 amide bonds. The highest BCUT2D eigenvalue weighted by atomic mass is 35.5. The predicted octanol–water partition coefficient (Wildman–Crippen LogP) is 4.02. The lowest BCUT2D eigenvalue weighted by Gasteiger charge is -2.51. The normalized spacial score (nSPS) is 27.3. The maximum Gasteiger partial charge on any atom is 0.243 e. The summed E-state index contributed by atoms with van der Waals surface area (Å²) >= 11 is 0. The van der Waals surface area contributed by atoms with Crippen molar-refractivity contribution in [1.82, 2.24) is 9.21 Å². The fourth-order valence-corrected chi connectivity index (χ4v) is 7.13. The third kappa shape index (κ3) is 3.61. The van der Waals surface area contributed by atoms with Crippen LogP contribution in [0.4, 0.5) is 4.39 Å². The Bertz CT molecular complexity index is 983. The van der Waals surface area contributed by atoms with Gasteiger partial charge in [0.1, 0.15) is 5.82 Å². The molecule has 0 N–H and O–H groups in total. The molecule has 7 heteroatoms. The molecule has 3 aliphatic rings. The Balaban J connectivity index is 0.00000205. The van der Waals surface area contributed by atoms with Gasteiger partial charge in [-0.3, -0.25) is 4.90 Å². The minimum Gasteiger partial charge on any atom is -0.296 e. The molecule has 3 atom stereocenters. The molecule has 3 aliphatic heterocycles. The number of nitrogens with zero attached hydrogens (tertiary/aromatic N) is 2. The summed E-state index contributed by atoms with van der Waals surface area (Å²) in [7, 11) is -3.62. The van der Waals surface area contributed by atoms with E-state index in [1.54, 1.807) is 4.31 Å². The van der Waals surface area contributed by atoms with E-state index in [1.165, 1.54) is 35.4 Å². The van der Waals surface area contributed by atoms with E-state index in [0.29, 0.717) is 12.5 Å². The molecule has 0 saturated carbocycles. The number of hydrogen-bond acceptors (Lipinski definition) is 3. The van der Waals surface area contributed by atoms with Crippen LogP contribution in [0, 0.1) is 11.7 Å². The second-order valence-electron chi connectivity index (χ2n) is 8.23.